The molecule has 1 N–H and O–H groups in total. The van der Waals surface area contributed by atoms with Crippen LogP contribution in [0, 0.1) is 0 Å². The van der Waals surface area contributed by atoms with Crippen LogP contribution in [0.3, 0.4) is 0 Å². The third kappa shape index (κ3) is 2.20. The molecule has 1 rings (SSSR count). The Labute approximate surface area is 73.0 Å². The van der Waals surface area contributed by atoms with Gasteiger partial charge >= 0.3 is 0 Å². The van der Waals surface area contributed by atoms with Gasteiger partial charge in [0.2, 0.25) is 0 Å². The third-order valence-corrected chi connectivity index (χ3v) is 3.46. The molecule has 70 valence electrons. The number of nitrogens with zero attached hydrogens (tertiary/aromatic N) is 1. The summed E-state index contributed by atoms with van der Waals surface area (Å²) in [6.45, 7) is 3.23. The number of sulfone groups is 1. The standard InChI is InChI=1S/C7H14N2O2S/c1-6(12(2,10)11)7-8-4-3-5-9-7/h6H,3-5H2,1-2H3,(H,8,9). The van der Waals surface area contributed by atoms with E-state index in [9.17, 15) is 8.42 Å². The van der Waals surface area contributed by atoms with Crippen molar-refractivity contribution in [2.24, 2.45) is 4.99 Å². The van der Waals surface area contributed by atoms with Gasteiger partial charge < -0.3 is 5.32 Å². The molecule has 1 heterocycles. The van der Waals surface area contributed by atoms with Gasteiger partial charge in [-0.15, -0.1) is 0 Å². The summed E-state index contributed by atoms with van der Waals surface area (Å²) < 4.78 is 22.2. The zero-order valence-corrected chi connectivity index (χ0v) is 8.19. The molecule has 0 fully saturated rings. The van der Waals surface area contributed by atoms with Crippen molar-refractivity contribution >= 4 is 15.7 Å². The van der Waals surface area contributed by atoms with E-state index in [0.29, 0.717) is 5.84 Å². The van der Waals surface area contributed by atoms with E-state index < -0.39 is 15.1 Å². The van der Waals surface area contributed by atoms with E-state index in [0.717, 1.165) is 19.5 Å². The van der Waals surface area contributed by atoms with E-state index in [4.69, 9.17) is 0 Å². The fraction of sp³-hybridized carbons (Fsp3) is 0.857. The van der Waals surface area contributed by atoms with Gasteiger partial charge in [0.05, 0.1) is 0 Å². The van der Waals surface area contributed by atoms with Gasteiger partial charge in [-0.3, -0.25) is 4.99 Å². The summed E-state index contributed by atoms with van der Waals surface area (Å²) in [4.78, 5) is 4.12. The molecule has 0 saturated carbocycles. The van der Waals surface area contributed by atoms with Gasteiger partial charge in [0.15, 0.2) is 9.84 Å². The zero-order chi connectivity index (χ0) is 9.19. The Balaban J connectivity index is 2.76. The number of nitrogens with one attached hydrogen (secondary N) is 1. The van der Waals surface area contributed by atoms with E-state index >= 15 is 0 Å². The second-order valence-corrected chi connectivity index (χ2v) is 5.39. The first kappa shape index (κ1) is 9.51. The Hall–Kier alpha value is -0.580. The quantitative estimate of drug-likeness (QED) is 0.656. The molecule has 0 saturated heterocycles. The molecule has 4 nitrogen and oxygen atoms in total. The molecule has 1 atom stereocenters. The van der Waals surface area contributed by atoms with Crippen LogP contribution in [-0.2, 0) is 9.84 Å². The molecular formula is C7H14N2O2S. The Morgan fingerprint density at radius 3 is 2.67 bits per heavy atom. The minimum Gasteiger partial charge on any atom is -0.373 e. The van der Waals surface area contributed by atoms with Crippen LogP contribution in [0.2, 0.25) is 0 Å². The second-order valence-electron chi connectivity index (χ2n) is 3.02. The van der Waals surface area contributed by atoms with Crippen molar-refractivity contribution in [1.82, 2.24) is 5.32 Å². The maximum absolute atomic E-state index is 11.1. The second kappa shape index (κ2) is 3.43. The van der Waals surface area contributed by atoms with E-state index in [1.54, 1.807) is 6.92 Å². The number of hydrogen-bond acceptors (Lipinski definition) is 4. The van der Waals surface area contributed by atoms with Crippen LogP contribution >= 0.6 is 0 Å². The molecule has 0 aromatic rings. The highest BCUT2D eigenvalue weighted by Crippen LogP contribution is 2.02. The lowest BCUT2D eigenvalue weighted by molar-refractivity contribution is 0.596. The first-order valence-corrected chi connectivity index (χ1v) is 5.94. The monoisotopic (exact) mass is 190 g/mol. The van der Waals surface area contributed by atoms with Crippen LogP contribution < -0.4 is 5.32 Å². The van der Waals surface area contributed by atoms with Crippen LogP contribution in [0.1, 0.15) is 13.3 Å². The van der Waals surface area contributed by atoms with Gasteiger partial charge in [0.1, 0.15) is 11.1 Å². The van der Waals surface area contributed by atoms with Crippen molar-refractivity contribution in [3.8, 4) is 0 Å². The van der Waals surface area contributed by atoms with Crippen molar-refractivity contribution in [2.75, 3.05) is 19.3 Å². The maximum atomic E-state index is 11.1. The van der Waals surface area contributed by atoms with Crippen molar-refractivity contribution in [2.45, 2.75) is 18.6 Å². The zero-order valence-electron chi connectivity index (χ0n) is 7.37. The van der Waals surface area contributed by atoms with Gasteiger partial charge in [0, 0.05) is 19.3 Å². The topological polar surface area (TPSA) is 58.5 Å². The Morgan fingerprint density at radius 1 is 1.58 bits per heavy atom. The summed E-state index contributed by atoms with van der Waals surface area (Å²) in [6.07, 6.45) is 2.22. The molecule has 0 aliphatic carbocycles. The SMILES string of the molecule is CC(C1=NCCCN1)S(C)(=O)=O. The molecule has 5 heteroatoms. The van der Waals surface area contributed by atoms with Crippen molar-refractivity contribution in [3.63, 3.8) is 0 Å². The molecule has 1 aliphatic heterocycles. The van der Waals surface area contributed by atoms with Crippen molar-refractivity contribution < 1.29 is 8.42 Å². The maximum Gasteiger partial charge on any atom is 0.157 e. The average Bonchev–Trinajstić information content (AvgIpc) is 2.03. The number of aliphatic imine (C=N–C) groups is 1. The average molecular weight is 190 g/mol. The van der Waals surface area contributed by atoms with Gasteiger partial charge in [0.25, 0.3) is 0 Å². The molecule has 1 aliphatic rings. The van der Waals surface area contributed by atoms with Crippen LogP contribution in [-0.4, -0.2) is 38.8 Å². The number of hydrogen-bond donors (Lipinski definition) is 1. The van der Waals surface area contributed by atoms with Gasteiger partial charge in [-0.1, -0.05) is 0 Å². The van der Waals surface area contributed by atoms with Gasteiger partial charge in [-0.05, 0) is 13.3 Å². The first-order chi connectivity index (χ1) is 5.52. The highest BCUT2D eigenvalue weighted by atomic mass is 32.2. The Bertz CT molecular complexity index is 282. The fourth-order valence-electron chi connectivity index (χ4n) is 1.03. The third-order valence-electron chi connectivity index (χ3n) is 1.95. The summed E-state index contributed by atoms with van der Waals surface area (Å²) in [5.41, 5.74) is 0. The highest BCUT2D eigenvalue weighted by molar-refractivity contribution is 7.92. The van der Waals surface area contributed by atoms with E-state index in [1.165, 1.54) is 6.26 Å². The molecule has 0 spiro atoms. The molecule has 1 unspecified atom stereocenters. The van der Waals surface area contributed by atoms with Gasteiger partial charge in [-0.25, -0.2) is 8.42 Å². The summed E-state index contributed by atoms with van der Waals surface area (Å²) in [6, 6.07) is 0. The van der Waals surface area contributed by atoms with Crippen molar-refractivity contribution in [1.29, 1.82) is 0 Å². The van der Waals surface area contributed by atoms with E-state index in [2.05, 4.69) is 10.3 Å². The minimum absolute atomic E-state index is 0.488. The molecule has 0 bridgehead atoms. The molecule has 0 aromatic carbocycles. The van der Waals surface area contributed by atoms with Crippen LogP contribution in [0.15, 0.2) is 4.99 Å². The fourth-order valence-corrected chi connectivity index (χ4v) is 1.59. The normalized spacial score (nSPS) is 21.0. The highest BCUT2D eigenvalue weighted by Gasteiger charge is 2.21. The van der Waals surface area contributed by atoms with Crippen LogP contribution in [0.4, 0.5) is 0 Å². The molecule has 12 heavy (non-hydrogen) atoms. The Morgan fingerprint density at radius 2 is 2.25 bits per heavy atom. The molecule has 0 aromatic heterocycles. The lowest BCUT2D eigenvalue weighted by atomic mass is 10.3. The largest absolute Gasteiger partial charge is 0.373 e. The minimum atomic E-state index is -3.00. The Kier molecular flexibility index (Phi) is 2.72. The predicted molar refractivity (Wildman–Crippen MR) is 49.2 cm³/mol. The predicted octanol–water partition coefficient (Wildman–Crippen LogP) is -0.189. The van der Waals surface area contributed by atoms with Gasteiger partial charge in [-0.2, -0.15) is 0 Å². The van der Waals surface area contributed by atoms with Crippen LogP contribution in [0.5, 0.6) is 0 Å². The number of amidine groups is 1. The van der Waals surface area contributed by atoms with Crippen molar-refractivity contribution in [3.05, 3.63) is 0 Å². The lowest BCUT2D eigenvalue weighted by Crippen LogP contribution is -2.40. The molecule has 0 amide bonds. The smallest absolute Gasteiger partial charge is 0.157 e. The molecule has 0 radical (unpaired) electrons. The first-order valence-electron chi connectivity index (χ1n) is 3.99. The lowest BCUT2D eigenvalue weighted by Gasteiger charge is -2.18. The summed E-state index contributed by atoms with van der Waals surface area (Å²) in [5, 5.41) is 2.51. The molecular weight excluding hydrogens is 176 g/mol. The van der Waals surface area contributed by atoms with E-state index in [-0.39, 0.29) is 0 Å². The summed E-state index contributed by atoms with van der Waals surface area (Å²) in [5.74, 6) is 0.615. The summed E-state index contributed by atoms with van der Waals surface area (Å²) in [7, 11) is -3.00. The van der Waals surface area contributed by atoms with Crippen LogP contribution in [0.25, 0.3) is 0 Å². The van der Waals surface area contributed by atoms with E-state index in [1.807, 2.05) is 0 Å². The number of rotatable bonds is 2. The summed E-state index contributed by atoms with van der Waals surface area (Å²) >= 11 is 0.